The van der Waals surface area contributed by atoms with Gasteiger partial charge in [0.05, 0.1) is 17.9 Å². The maximum Gasteiger partial charge on any atom is 0.109 e. The molecule has 2 heterocycles. The van der Waals surface area contributed by atoms with Crippen LogP contribution in [0.15, 0.2) is 27.3 Å². The van der Waals surface area contributed by atoms with Gasteiger partial charge in [-0.3, -0.25) is 0 Å². The normalized spacial score (nSPS) is 12.5. The fourth-order valence-electron chi connectivity index (χ4n) is 2.05. The van der Waals surface area contributed by atoms with E-state index in [0.29, 0.717) is 0 Å². The molecule has 0 spiro atoms. The Kier molecular flexibility index (Phi) is 3.76. The van der Waals surface area contributed by atoms with E-state index in [2.05, 4.69) is 45.3 Å². The highest BCUT2D eigenvalue weighted by molar-refractivity contribution is 9.10. The molecule has 0 aliphatic rings. The molecule has 96 valence electrons. The molecule has 2 aromatic heterocycles. The average molecular weight is 309 g/mol. The third-order valence-electron chi connectivity index (χ3n) is 2.94. The van der Waals surface area contributed by atoms with Gasteiger partial charge in [0.2, 0.25) is 0 Å². The first-order valence-electron chi connectivity index (χ1n) is 5.93. The highest BCUT2D eigenvalue weighted by atomic mass is 79.9. The lowest BCUT2D eigenvalue weighted by atomic mass is 10.1. The molecule has 0 aromatic carbocycles. The summed E-state index contributed by atoms with van der Waals surface area (Å²) in [4.78, 5) is 4.28. The maximum atomic E-state index is 5.55. The number of rotatable bonds is 3. The van der Waals surface area contributed by atoms with E-state index < -0.39 is 0 Å². The average Bonchev–Trinajstić information content (AvgIpc) is 2.63. The van der Waals surface area contributed by atoms with Crippen LogP contribution in [0.5, 0.6) is 0 Å². The van der Waals surface area contributed by atoms with Crippen molar-refractivity contribution in [1.82, 2.24) is 4.98 Å². The molecule has 0 amide bonds. The smallest absolute Gasteiger partial charge is 0.109 e. The molecule has 0 radical (unpaired) electrons. The van der Waals surface area contributed by atoms with E-state index >= 15 is 0 Å². The van der Waals surface area contributed by atoms with Crippen LogP contribution in [0.4, 0.5) is 5.69 Å². The largest absolute Gasteiger partial charge is 0.466 e. The van der Waals surface area contributed by atoms with Crippen LogP contribution in [-0.4, -0.2) is 4.98 Å². The first-order valence-corrected chi connectivity index (χ1v) is 6.72. The number of furan rings is 1. The summed E-state index contributed by atoms with van der Waals surface area (Å²) in [5.41, 5.74) is 3.32. The molecule has 1 atom stereocenters. The molecule has 1 unspecified atom stereocenters. The van der Waals surface area contributed by atoms with Gasteiger partial charge in [-0.2, -0.15) is 0 Å². The quantitative estimate of drug-likeness (QED) is 0.846. The Balaban J connectivity index is 2.18. The van der Waals surface area contributed by atoms with Crippen molar-refractivity contribution in [3.8, 4) is 0 Å². The second-order valence-corrected chi connectivity index (χ2v) is 5.32. The van der Waals surface area contributed by atoms with Crippen LogP contribution in [0.25, 0.3) is 0 Å². The van der Waals surface area contributed by atoms with E-state index in [-0.39, 0.29) is 6.04 Å². The molecule has 0 aliphatic heterocycles. The number of aryl methyl sites for hydroxylation is 3. The third-order valence-corrected chi connectivity index (χ3v) is 3.77. The van der Waals surface area contributed by atoms with Crippen LogP contribution in [0.3, 0.4) is 0 Å². The summed E-state index contributed by atoms with van der Waals surface area (Å²) in [5.74, 6) is 1.91. The van der Waals surface area contributed by atoms with E-state index in [9.17, 15) is 0 Å². The second-order valence-electron chi connectivity index (χ2n) is 4.57. The molecule has 0 bridgehead atoms. The Morgan fingerprint density at radius 1 is 1.28 bits per heavy atom. The molecule has 2 rings (SSSR count). The monoisotopic (exact) mass is 308 g/mol. The van der Waals surface area contributed by atoms with E-state index in [4.69, 9.17) is 4.42 Å². The zero-order valence-electron chi connectivity index (χ0n) is 11.0. The Morgan fingerprint density at radius 2 is 2.00 bits per heavy atom. The predicted molar refractivity (Wildman–Crippen MR) is 76.9 cm³/mol. The molecular weight excluding hydrogens is 292 g/mol. The van der Waals surface area contributed by atoms with Gasteiger partial charge in [0.25, 0.3) is 0 Å². The van der Waals surface area contributed by atoms with Crippen molar-refractivity contribution >= 4 is 21.6 Å². The fraction of sp³-hybridized carbons (Fsp3) is 0.357. The van der Waals surface area contributed by atoms with Crippen molar-refractivity contribution in [2.45, 2.75) is 33.7 Å². The highest BCUT2D eigenvalue weighted by Crippen LogP contribution is 2.25. The topological polar surface area (TPSA) is 38.1 Å². The van der Waals surface area contributed by atoms with Crippen molar-refractivity contribution < 1.29 is 4.42 Å². The van der Waals surface area contributed by atoms with Gasteiger partial charge in [-0.1, -0.05) is 0 Å². The summed E-state index contributed by atoms with van der Waals surface area (Å²) < 4.78 is 6.44. The second kappa shape index (κ2) is 5.14. The van der Waals surface area contributed by atoms with Gasteiger partial charge in [0.15, 0.2) is 0 Å². The van der Waals surface area contributed by atoms with Gasteiger partial charge in [-0.25, -0.2) is 4.98 Å². The number of hydrogen-bond donors (Lipinski definition) is 1. The number of hydrogen-bond acceptors (Lipinski definition) is 3. The maximum absolute atomic E-state index is 5.55. The predicted octanol–water partition coefficient (Wildman–Crippen LogP) is 4.54. The molecule has 0 fully saturated rings. The van der Waals surface area contributed by atoms with Gasteiger partial charge >= 0.3 is 0 Å². The Bertz CT molecular complexity index is 563. The van der Waals surface area contributed by atoms with Crippen LogP contribution < -0.4 is 5.32 Å². The lowest BCUT2D eigenvalue weighted by Crippen LogP contribution is -2.07. The zero-order valence-corrected chi connectivity index (χ0v) is 12.6. The van der Waals surface area contributed by atoms with Gasteiger partial charge < -0.3 is 9.73 Å². The van der Waals surface area contributed by atoms with Crippen molar-refractivity contribution in [1.29, 1.82) is 0 Å². The summed E-state index contributed by atoms with van der Waals surface area (Å²) in [5, 5.41) is 3.44. The molecule has 0 saturated carbocycles. The Morgan fingerprint density at radius 3 is 2.56 bits per heavy atom. The fourth-order valence-corrected chi connectivity index (χ4v) is 2.26. The van der Waals surface area contributed by atoms with Gasteiger partial charge in [0, 0.05) is 5.56 Å². The summed E-state index contributed by atoms with van der Waals surface area (Å²) in [6, 6.07) is 4.35. The van der Waals surface area contributed by atoms with E-state index in [1.54, 1.807) is 0 Å². The van der Waals surface area contributed by atoms with Crippen molar-refractivity contribution in [3.05, 3.63) is 45.6 Å². The van der Waals surface area contributed by atoms with Gasteiger partial charge in [-0.15, -0.1) is 0 Å². The number of anilines is 1. The lowest BCUT2D eigenvalue weighted by Gasteiger charge is -2.15. The molecular formula is C14H17BrN2O. The van der Waals surface area contributed by atoms with Crippen molar-refractivity contribution in [2.24, 2.45) is 0 Å². The summed E-state index contributed by atoms with van der Waals surface area (Å²) >= 11 is 3.40. The minimum atomic E-state index is 0.199. The standard InChI is InChI=1S/C14H17BrN2O/c1-8-5-12(7-16-14(8)15)17-10(3)13-6-9(2)18-11(13)4/h5-7,10,17H,1-4H3. The SMILES string of the molecule is Cc1cc(C(C)Nc2cnc(Br)c(C)c2)c(C)o1. The minimum absolute atomic E-state index is 0.199. The summed E-state index contributed by atoms with van der Waals surface area (Å²) in [6.07, 6.45) is 1.83. The number of nitrogens with one attached hydrogen (secondary N) is 1. The first kappa shape index (κ1) is 13.1. The van der Waals surface area contributed by atoms with Gasteiger partial charge in [-0.05, 0) is 61.3 Å². The van der Waals surface area contributed by atoms with Crippen molar-refractivity contribution in [3.63, 3.8) is 0 Å². The van der Waals surface area contributed by atoms with Crippen LogP contribution in [-0.2, 0) is 0 Å². The number of halogens is 1. The lowest BCUT2D eigenvalue weighted by molar-refractivity contribution is 0.500. The molecule has 1 N–H and O–H groups in total. The number of aromatic nitrogens is 1. The molecule has 0 saturated heterocycles. The van der Waals surface area contributed by atoms with Gasteiger partial charge in [0.1, 0.15) is 16.1 Å². The highest BCUT2D eigenvalue weighted by Gasteiger charge is 2.12. The van der Waals surface area contributed by atoms with E-state index in [0.717, 1.165) is 27.4 Å². The minimum Gasteiger partial charge on any atom is -0.466 e. The van der Waals surface area contributed by atoms with E-state index in [1.165, 1.54) is 5.56 Å². The van der Waals surface area contributed by atoms with Crippen molar-refractivity contribution in [2.75, 3.05) is 5.32 Å². The third kappa shape index (κ3) is 2.75. The zero-order chi connectivity index (χ0) is 13.3. The molecule has 4 heteroatoms. The van der Waals surface area contributed by atoms with E-state index in [1.807, 2.05) is 27.0 Å². The first-order chi connectivity index (χ1) is 8.47. The molecule has 0 aliphatic carbocycles. The van der Waals surface area contributed by atoms with Crippen LogP contribution >= 0.6 is 15.9 Å². The molecule has 2 aromatic rings. The van der Waals surface area contributed by atoms with Crippen LogP contribution in [0.2, 0.25) is 0 Å². The Labute approximate surface area is 116 Å². The number of nitrogens with zero attached hydrogens (tertiary/aromatic N) is 1. The van der Waals surface area contributed by atoms with Crippen LogP contribution in [0.1, 0.15) is 35.6 Å². The summed E-state index contributed by atoms with van der Waals surface area (Å²) in [7, 11) is 0. The Hall–Kier alpha value is -1.29. The summed E-state index contributed by atoms with van der Waals surface area (Å²) in [6.45, 7) is 8.11. The molecule has 18 heavy (non-hydrogen) atoms. The van der Waals surface area contributed by atoms with Crippen LogP contribution in [0, 0.1) is 20.8 Å². The molecule has 3 nitrogen and oxygen atoms in total. The number of pyridine rings is 1.